The van der Waals surface area contributed by atoms with Crippen molar-refractivity contribution in [2.75, 3.05) is 0 Å². The van der Waals surface area contributed by atoms with E-state index in [1.807, 2.05) is 22.6 Å². The Balaban J connectivity index is 2.40. The number of fused-ring (bicyclic) bond motifs is 1. The molecular weight excluding hydrogens is 501 g/mol. The second kappa shape index (κ2) is 5.83. The molecule has 3 aromatic rings. The summed E-state index contributed by atoms with van der Waals surface area (Å²) in [5, 5.41) is 11.4. The fourth-order valence-corrected chi connectivity index (χ4v) is 5.21. The Bertz CT molecular complexity index is 1030. The third-order valence-electron chi connectivity index (χ3n) is 3.11. The number of benzene rings is 1. The van der Waals surface area contributed by atoms with Crippen molar-refractivity contribution < 1.29 is 13.3 Å². The third kappa shape index (κ3) is 2.74. The molecule has 10 heteroatoms. The molecule has 0 radical (unpaired) electrons. The molecule has 23 heavy (non-hydrogen) atoms. The van der Waals surface area contributed by atoms with Gasteiger partial charge in [-0.25, -0.2) is 17.4 Å². The predicted octanol–water partition coefficient (Wildman–Crippen LogP) is 3.55. The lowest BCUT2D eigenvalue weighted by molar-refractivity contribution is -0.383. The van der Waals surface area contributed by atoms with Crippen LogP contribution in [0.4, 0.5) is 5.69 Å². The first-order valence-corrected chi connectivity index (χ1v) is 9.46. The van der Waals surface area contributed by atoms with Crippen LogP contribution in [0.15, 0.2) is 52.0 Å². The van der Waals surface area contributed by atoms with Crippen LogP contribution in [0.25, 0.3) is 11.0 Å². The molecule has 0 atom stereocenters. The van der Waals surface area contributed by atoms with Gasteiger partial charge in [0.2, 0.25) is 0 Å². The summed E-state index contributed by atoms with van der Waals surface area (Å²) >= 11 is 4.92. The monoisotopic (exact) mass is 507 g/mol. The van der Waals surface area contributed by atoms with Crippen molar-refractivity contribution in [3.8, 4) is 0 Å². The number of nitro groups is 1. The van der Waals surface area contributed by atoms with Gasteiger partial charge in [0.1, 0.15) is 4.60 Å². The van der Waals surface area contributed by atoms with Crippen LogP contribution >= 0.6 is 38.5 Å². The maximum absolute atomic E-state index is 12.9. The van der Waals surface area contributed by atoms with E-state index in [2.05, 4.69) is 20.9 Å². The molecule has 0 aliphatic heterocycles. The van der Waals surface area contributed by atoms with E-state index < -0.39 is 14.9 Å². The van der Waals surface area contributed by atoms with Crippen molar-refractivity contribution in [2.24, 2.45) is 0 Å². The fraction of sp³-hybridized carbons (Fsp3) is 0. The molecule has 0 saturated carbocycles. The SMILES string of the molecule is O=[N+]([O-])c1cc(Br)nc2c1cc(I)n2S(=O)(=O)c1ccccc1. The summed E-state index contributed by atoms with van der Waals surface area (Å²) in [6, 6.07) is 10.5. The quantitative estimate of drug-likeness (QED) is 0.234. The lowest BCUT2D eigenvalue weighted by atomic mass is 10.3. The summed E-state index contributed by atoms with van der Waals surface area (Å²) in [7, 11) is -3.91. The Morgan fingerprint density at radius 1 is 1.22 bits per heavy atom. The molecule has 0 unspecified atom stereocenters. The zero-order valence-corrected chi connectivity index (χ0v) is 15.7. The van der Waals surface area contributed by atoms with Gasteiger partial charge in [0.25, 0.3) is 15.7 Å². The van der Waals surface area contributed by atoms with E-state index >= 15 is 0 Å². The highest BCUT2D eigenvalue weighted by molar-refractivity contribution is 14.1. The summed E-state index contributed by atoms with van der Waals surface area (Å²) in [6.07, 6.45) is 0. The topological polar surface area (TPSA) is 95.1 Å². The lowest BCUT2D eigenvalue weighted by Crippen LogP contribution is -2.15. The van der Waals surface area contributed by atoms with Crippen LogP contribution in [0.1, 0.15) is 0 Å². The normalized spacial score (nSPS) is 11.7. The molecule has 2 aromatic heterocycles. The smallest absolute Gasteiger partial charge is 0.258 e. The molecule has 0 aliphatic carbocycles. The summed E-state index contributed by atoms with van der Waals surface area (Å²) in [5.74, 6) is 0. The Hall–Kier alpha value is -1.53. The number of halogens is 2. The van der Waals surface area contributed by atoms with Crippen molar-refractivity contribution >= 4 is 65.3 Å². The Labute approximate surface area is 152 Å². The van der Waals surface area contributed by atoms with E-state index in [1.165, 1.54) is 24.3 Å². The standard InChI is InChI=1S/C13H7BrIN3O4S/c14-11-7-10(18(19)20)9-6-12(15)17(13(9)16-11)23(21,22)8-4-2-1-3-5-8/h1-7H. The summed E-state index contributed by atoms with van der Waals surface area (Å²) in [4.78, 5) is 14.8. The van der Waals surface area contributed by atoms with Crippen LogP contribution in [0, 0.1) is 13.8 Å². The number of hydrogen-bond donors (Lipinski definition) is 0. The number of aromatic nitrogens is 2. The van der Waals surface area contributed by atoms with Crippen molar-refractivity contribution in [3.05, 3.63) is 60.9 Å². The number of pyridine rings is 1. The molecule has 2 heterocycles. The third-order valence-corrected chi connectivity index (χ3v) is 6.36. The molecule has 7 nitrogen and oxygen atoms in total. The molecule has 0 N–H and O–H groups in total. The maximum atomic E-state index is 12.9. The predicted molar refractivity (Wildman–Crippen MR) is 95.8 cm³/mol. The van der Waals surface area contributed by atoms with Gasteiger partial charge in [0, 0.05) is 6.07 Å². The van der Waals surface area contributed by atoms with E-state index in [0.717, 1.165) is 3.97 Å². The number of hydrogen-bond acceptors (Lipinski definition) is 5. The van der Waals surface area contributed by atoms with Crippen LogP contribution in [-0.4, -0.2) is 22.3 Å². The number of rotatable bonds is 3. The van der Waals surface area contributed by atoms with Gasteiger partial charge in [0.05, 0.1) is 18.9 Å². The summed E-state index contributed by atoms with van der Waals surface area (Å²) in [6.45, 7) is 0. The van der Waals surface area contributed by atoms with E-state index in [1.54, 1.807) is 18.2 Å². The van der Waals surface area contributed by atoms with Gasteiger partial charge in [-0.1, -0.05) is 18.2 Å². The van der Waals surface area contributed by atoms with E-state index in [-0.39, 0.29) is 26.2 Å². The molecular formula is C13H7BrIN3O4S. The van der Waals surface area contributed by atoms with E-state index in [4.69, 9.17) is 0 Å². The molecule has 0 amide bonds. The molecule has 118 valence electrons. The minimum Gasteiger partial charge on any atom is -0.258 e. The molecule has 3 rings (SSSR count). The number of nitrogens with zero attached hydrogens (tertiary/aromatic N) is 3. The molecule has 0 fully saturated rings. The van der Waals surface area contributed by atoms with Gasteiger partial charge in [-0.3, -0.25) is 10.1 Å². The second-order valence-electron chi connectivity index (χ2n) is 4.51. The average Bonchev–Trinajstić information content (AvgIpc) is 2.83. The molecule has 0 spiro atoms. The maximum Gasteiger partial charge on any atom is 0.283 e. The van der Waals surface area contributed by atoms with Crippen molar-refractivity contribution in [1.82, 2.24) is 8.96 Å². The Kier molecular flexibility index (Phi) is 4.14. The van der Waals surface area contributed by atoms with Gasteiger partial charge < -0.3 is 0 Å². The first kappa shape index (κ1) is 16.3. The van der Waals surface area contributed by atoms with Crippen LogP contribution in [0.2, 0.25) is 0 Å². The highest BCUT2D eigenvalue weighted by Crippen LogP contribution is 2.33. The fourth-order valence-electron chi connectivity index (χ4n) is 2.15. The second-order valence-corrected chi connectivity index (χ2v) is 8.21. The summed E-state index contributed by atoms with van der Waals surface area (Å²) in [5.41, 5.74) is -0.193. The van der Waals surface area contributed by atoms with Gasteiger partial charge in [0.15, 0.2) is 5.65 Å². The minimum atomic E-state index is -3.91. The molecule has 0 bridgehead atoms. The van der Waals surface area contributed by atoms with E-state index in [9.17, 15) is 18.5 Å². The lowest BCUT2D eigenvalue weighted by Gasteiger charge is -2.08. The minimum absolute atomic E-state index is 0.0133. The first-order chi connectivity index (χ1) is 10.8. The highest BCUT2D eigenvalue weighted by atomic mass is 127. The summed E-state index contributed by atoms with van der Waals surface area (Å²) < 4.78 is 27.2. The molecule has 1 aromatic carbocycles. The van der Waals surface area contributed by atoms with Crippen LogP contribution < -0.4 is 0 Å². The molecule has 0 saturated heterocycles. The zero-order valence-electron chi connectivity index (χ0n) is 11.2. The first-order valence-electron chi connectivity index (χ1n) is 6.15. The van der Waals surface area contributed by atoms with Crippen molar-refractivity contribution in [1.29, 1.82) is 0 Å². The van der Waals surface area contributed by atoms with Gasteiger partial charge in [-0.05, 0) is 56.7 Å². The highest BCUT2D eigenvalue weighted by Gasteiger charge is 2.27. The Morgan fingerprint density at radius 3 is 2.48 bits per heavy atom. The van der Waals surface area contributed by atoms with Crippen LogP contribution in [0.5, 0.6) is 0 Å². The van der Waals surface area contributed by atoms with Crippen molar-refractivity contribution in [2.45, 2.75) is 4.90 Å². The average molecular weight is 508 g/mol. The largest absolute Gasteiger partial charge is 0.283 e. The molecule has 0 aliphatic rings. The zero-order chi connectivity index (χ0) is 16.8. The van der Waals surface area contributed by atoms with Crippen LogP contribution in [0.3, 0.4) is 0 Å². The van der Waals surface area contributed by atoms with Crippen molar-refractivity contribution in [3.63, 3.8) is 0 Å². The van der Waals surface area contributed by atoms with Gasteiger partial charge in [-0.2, -0.15) is 0 Å². The van der Waals surface area contributed by atoms with Gasteiger partial charge >= 0.3 is 0 Å². The van der Waals surface area contributed by atoms with E-state index in [0.29, 0.717) is 3.70 Å². The van der Waals surface area contributed by atoms with Crippen LogP contribution in [-0.2, 0) is 10.0 Å². The Morgan fingerprint density at radius 2 is 1.87 bits per heavy atom. The van der Waals surface area contributed by atoms with Gasteiger partial charge in [-0.15, -0.1) is 0 Å².